The van der Waals surface area contributed by atoms with E-state index in [1.54, 1.807) is 0 Å². The fourth-order valence-corrected chi connectivity index (χ4v) is 6.99. The van der Waals surface area contributed by atoms with Crippen molar-refractivity contribution in [1.29, 1.82) is 0 Å². The fraction of sp³-hybridized carbons (Fsp3) is 0.562. The summed E-state index contributed by atoms with van der Waals surface area (Å²) < 4.78 is 39.8. The van der Waals surface area contributed by atoms with Gasteiger partial charge in [-0.3, -0.25) is 19.5 Å². The second kappa shape index (κ2) is 12.9. The van der Waals surface area contributed by atoms with Crippen molar-refractivity contribution < 1.29 is 22.8 Å². The molecule has 5 rings (SSSR count). The number of nitrogens with zero attached hydrogens (tertiary/aromatic N) is 3. The SMILES string of the molecule is CCCCN(C(=O)C1c2ccccc2-c2cccc(C3CCCCN3CCC(F)(F)F)c21)N1CCCCC1NC=O. The van der Waals surface area contributed by atoms with Crippen LogP contribution in [0.3, 0.4) is 0 Å². The molecule has 2 aromatic carbocycles. The van der Waals surface area contributed by atoms with Crippen molar-refractivity contribution in [3.63, 3.8) is 0 Å². The first kappa shape index (κ1) is 29.6. The molecule has 2 saturated heterocycles. The highest BCUT2D eigenvalue weighted by Gasteiger charge is 2.42. The number of alkyl halides is 3. The number of unbranched alkanes of at least 4 members (excludes halogenated alkanes) is 1. The van der Waals surface area contributed by atoms with Gasteiger partial charge >= 0.3 is 6.18 Å². The number of amides is 2. The Labute approximate surface area is 240 Å². The molecule has 2 aliphatic heterocycles. The number of benzene rings is 2. The van der Waals surface area contributed by atoms with Crippen molar-refractivity contribution in [1.82, 2.24) is 20.2 Å². The normalized spacial score (nSPS) is 23.1. The molecule has 3 unspecified atom stereocenters. The molecular formula is C32H41F3N4O2. The van der Waals surface area contributed by atoms with Crippen LogP contribution in [0.25, 0.3) is 11.1 Å². The number of rotatable bonds is 10. The predicted molar refractivity (Wildman–Crippen MR) is 153 cm³/mol. The van der Waals surface area contributed by atoms with E-state index in [0.717, 1.165) is 79.2 Å². The van der Waals surface area contributed by atoms with Crippen LogP contribution >= 0.6 is 0 Å². The lowest BCUT2D eigenvalue weighted by Crippen LogP contribution is -2.59. The van der Waals surface area contributed by atoms with Crippen molar-refractivity contribution in [2.75, 3.05) is 26.2 Å². The summed E-state index contributed by atoms with van der Waals surface area (Å²) in [6.45, 7) is 3.89. The van der Waals surface area contributed by atoms with Crippen LogP contribution in [-0.4, -0.2) is 65.8 Å². The maximum absolute atomic E-state index is 14.8. The third-order valence-corrected chi connectivity index (χ3v) is 8.92. The van der Waals surface area contributed by atoms with Gasteiger partial charge < -0.3 is 5.32 Å². The van der Waals surface area contributed by atoms with E-state index >= 15 is 0 Å². The van der Waals surface area contributed by atoms with Crippen molar-refractivity contribution in [2.24, 2.45) is 0 Å². The highest BCUT2D eigenvalue weighted by Crippen LogP contribution is 2.50. The molecule has 2 amide bonds. The lowest BCUT2D eigenvalue weighted by atomic mass is 9.85. The van der Waals surface area contributed by atoms with Gasteiger partial charge in [-0.1, -0.05) is 62.2 Å². The van der Waals surface area contributed by atoms with Gasteiger partial charge in [-0.2, -0.15) is 18.2 Å². The van der Waals surface area contributed by atoms with Crippen LogP contribution in [0.2, 0.25) is 0 Å². The van der Waals surface area contributed by atoms with Crippen LogP contribution in [0, 0.1) is 0 Å². The van der Waals surface area contributed by atoms with Crippen LogP contribution in [0.15, 0.2) is 42.5 Å². The summed E-state index contributed by atoms with van der Waals surface area (Å²) in [5.41, 5.74) is 4.85. The summed E-state index contributed by atoms with van der Waals surface area (Å²) in [5.74, 6) is -0.589. The lowest BCUT2D eigenvalue weighted by molar-refractivity contribution is -0.161. The Bertz CT molecular complexity index is 1220. The molecule has 2 aromatic rings. The molecule has 0 saturated carbocycles. The van der Waals surface area contributed by atoms with Crippen LogP contribution in [0.1, 0.15) is 93.4 Å². The van der Waals surface area contributed by atoms with Gasteiger partial charge in [0.25, 0.3) is 0 Å². The number of carbonyl (C=O) groups is 2. The molecule has 2 heterocycles. The Kier molecular flexibility index (Phi) is 9.34. The number of nitrogens with one attached hydrogen (secondary N) is 1. The van der Waals surface area contributed by atoms with Crippen LogP contribution < -0.4 is 5.32 Å². The van der Waals surface area contributed by atoms with Gasteiger partial charge in [0.2, 0.25) is 12.3 Å². The smallest absolute Gasteiger partial charge is 0.342 e. The topological polar surface area (TPSA) is 55.9 Å². The molecule has 0 radical (unpaired) electrons. The number of hydrogen-bond acceptors (Lipinski definition) is 4. The molecule has 3 aliphatic rings. The number of piperidine rings is 2. The molecule has 41 heavy (non-hydrogen) atoms. The van der Waals surface area contributed by atoms with E-state index in [9.17, 15) is 22.8 Å². The fourth-order valence-electron chi connectivity index (χ4n) is 6.99. The summed E-state index contributed by atoms with van der Waals surface area (Å²) >= 11 is 0. The molecule has 3 atom stereocenters. The standard InChI is InChI=1S/C32H41F3N4O2/c1-2-3-19-39(38-20-9-7-16-28(38)36-22-40)31(41)30-25-12-5-4-11-23(25)24-13-10-14-26(29(24)30)27-15-6-8-18-37(27)21-17-32(33,34)35/h4-5,10-14,22,27-28,30H,2-3,6-9,15-21H2,1H3,(H,36,40). The van der Waals surface area contributed by atoms with Gasteiger partial charge in [0.1, 0.15) is 0 Å². The first-order chi connectivity index (χ1) is 19.8. The minimum atomic E-state index is -4.21. The highest BCUT2D eigenvalue weighted by molar-refractivity contribution is 5.97. The zero-order valence-corrected chi connectivity index (χ0v) is 23.8. The number of halogens is 3. The molecule has 1 N–H and O–H groups in total. The van der Waals surface area contributed by atoms with E-state index < -0.39 is 18.5 Å². The molecular weight excluding hydrogens is 529 g/mol. The first-order valence-electron chi connectivity index (χ1n) is 15.1. The quantitative estimate of drug-likeness (QED) is 0.337. The summed E-state index contributed by atoms with van der Waals surface area (Å²) in [6.07, 6.45) is 2.42. The Balaban J connectivity index is 1.57. The van der Waals surface area contributed by atoms with E-state index in [1.807, 2.05) is 57.4 Å². The van der Waals surface area contributed by atoms with Gasteiger partial charge in [0.05, 0.1) is 18.5 Å². The molecule has 6 nitrogen and oxygen atoms in total. The molecule has 222 valence electrons. The van der Waals surface area contributed by atoms with Crippen LogP contribution in [0.5, 0.6) is 0 Å². The minimum absolute atomic E-state index is 0.0330. The summed E-state index contributed by atoms with van der Waals surface area (Å²) in [7, 11) is 0. The van der Waals surface area contributed by atoms with Gasteiger partial charge in [0, 0.05) is 25.7 Å². The van der Waals surface area contributed by atoms with E-state index in [4.69, 9.17) is 0 Å². The number of hydrogen-bond donors (Lipinski definition) is 1. The van der Waals surface area contributed by atoms with E-state index in [2.05, 4.69) is 12.2 Å². The number of fused-ring (bicyclic) bond motifs is 3. The highest BCUT2D eigenvalue weighted by atomic mass is 19.4. The monoisotopic (exact) mass is 570 g/mol. The second-order valence-corrected chi connectivity index (χ2v) is 11.5. The molecule has 0 bridgehead atoms. The molecule has 9 heteroatoms. The maximum atomic E-state index is 14.8. The zero-order valence-electron chi connectivity index (χ0n) is 23.8. The van der Waals surface area contributed by atoms with Gasteiger partial charge in [-0.05, 0) is 72.9 Å². The van der Waals surface area contributed by atoms with Crippen LogP contribution in [0.4, 0.5) is 13.2 Å². The van der Waals surface area contributed by atoms with Crippen molar-refractivity contribution >= 4 is 12.3 Å². The largest absolute Gasteiger partial charge is 0.390 e. The maximum Gasteiger partial charge on any atom is 0.390 e. The number of hydrazine groups is 1. The Morgan fingerprint density at radius 2 is 1.73 bits per heavy atom. The summed E-state index contributed by atoms with van der Waals surface area (Å²) in [4.78, 5) is 28.2. The van der Waals surface area contributed by atoms with Gasteiger partial charge in [0.15, 0.2) is 0 Å². The Morgan fingerprint density at radius 3 is 2.51 bits per heavy atom. The van der Waals surface area contributed by atoms with E-state index in [1.165, 1.54) is 0 Å². The average molecular weight is 571 g/mol. The van der Waals surface area contributed by atoms with Gasteiger partial charge in [-0.15, -0.1) is 0 Å². The van der Waals surface area contributed by atoms with Crippen molar-refractivity contribution in [3.05, 3.63) is 59.2 Å². The van der Waals surface area contributed by atoms with Crippen molar-refractivity contribution in [2.45, 2.75) is 89.0 Å². The molecule has 2 fully saturated rings. The van der Waals surface area contributed by atoms with E-state index in [-0.39, 0.29) is 24.7 Å². The molecule has 1 aliphatic carbocycles. The number of likely N-dealkylation sites (tertiary alicyclic amines) is 1. The average Bonchev–Trinajstić information content (AvgIpc) is 3.31. The number of carbonyl (C=O) groups excluding carboxylic acids is 2. The summed E-state index contributed by atoms with van der Waals surface area (Å²) in [6, 6.07) is 13.9. The zero-order chi connectivity index (χ0) is 29.0. The minimum Gasteiger partial charge on any atom is -0.342 e. The van der Waals surface area contributed by atoms with Crippen LogP contribution in [-0.2, 0) is 9.59 Å². The Hall–Kier alpha value is -2.91. The third kappa shape index (κ3) is 6.31. The second-order valence-electron chi connectivity index (χ2n) is 11.5. The Morgan fingerprint density at radius 1 is 1.00 bits per heavy atom. The third-order valence-electron chi connectivity index (χ3n) is 8.92. The van der Waals surface area contributed by atoms with E-state index in [0.29, 0.717) is 26.0 Å². The molecule has 0 spiro atoms. The first-order valence-corrected chi connectivity index (χ1v) is 15.1. The molecule has 0 aromatic heterocycles. The summed E-state index contributed by atoms with van der Waals surface area (Å²) in [5, 5.41) is 6.82. The lowest BCUT2D eigenvalue weighted by Gasteiger charge is -2.44. The van der Waals surface area contributed by atoms with Gasteiger partial charge in [-0.25, -0.2) is 0 Å². The predicted octanol–water partition coefficient (Wildman–Crippen LogP) is 6.38. The van der Waals surface area contributed by atoms with Crippen molar-refractivity contribution in [3.8, 4) is 11.1 Å².